The lowest BCUT2D eigenvalue weighted by molar-refractivity contribution is -0.167. The maximum atomic E-state index is 12.8. The van der Waals surface area contributed by atoms with Gasteiger partial charge in [0.2, 0.25) is 0 Å². The number of ether oxygens (including phenoxy) is 3. The van der Waals surface area contributed by atoms with Gasteiger partial charge in [0.1, 0.15) is 13.2 Å². The van der Waals surface area contributed by atoms with Crippen LogP contribution >= 0.6 is 0 Å². The number of unbranched alkanes of at least 4 members (excludes halogenated alkanes) is 19. The van der Waals surface area contributed by atoms with E-state index in [4.69, 9.17) is 14.2 Å². The van der Waals surface area contributed by atoms with Crippen molar-refractivity contribution in [3.8, 4) is 0 Å². The fourth-order valence-corrected chi connectivity index (χ4v) is 7.06. The second kappa shape index (κ2) is 54.7. The van der Waals surface area contributed by atoms with Crippen LogP contribution in [0.5, 0.6) is 0 Å². The summed E-state index contributed by atoms with van der Waals surface area (Å²) < 4.78 is 16.7. The molecule has 6 nitrogen and oxygen atoms in total. The van der Waals surface area contributed by atoms with Gasteiger partial charge in [-0.15, -0.1) is 0 Å². The lowest BCUT2D eigenvalue weighted by Gasteiger charge is -2.18. The largest absolute Gasteiger partial charge is 0.462 e. The van der Waals surface area contributed by atoms with Gasteiger partial charge in [0.05, 0.1) is 0 Å². The molecule has 0 bridgehead atoms. The molecule has 0 aromatic rings. The Morgan fingerprint density at radius 3 is 0.925 bits per heavy atom. The van der Waals surface area contributed by atoms with Crippen molar-refractivity contribution in [3.05, 3.63) is 109 Å². The standard InChI is InChI=1S/C61H100O6/c1-4-7-10-13-16-19-22-25-28-30-33-35-38-41-44-47-50-53-59(62)65-56-58(67-61(64)55-52-49-46-43-40-37-32-27-24-21-18-15-12-9-6-3)57-66-60(63)54-51-48-45-42-39-36-34-31-29-26-23-20-17-14-11-8-5-2/h16-21,25-29,32-33,35,40-41,43-44,58H,4-15,22-24,30-31,34,36-39,42,45-57H2,1-3H3/b19-16-,20-17-,21-18-,28-25-,29-26-,32-27-,35-33-,43-40-,44-41-/t58-/m1/s1. The van der Waals surface area contributed by atoms with Crippen molar-refractivity contribution in [3.63, 3.8) is 0 Å². The van der Waals surface area contributed by atoms with E-state index < -0.39 is 6.10 Å². The molecular weight excluding hydrogens is 829 g/mol. The van der Waals surface area contributed by atoms with Crippen molar-refractivity contribution in [2.45, 2.75) is 245 Å². The first-order valence-corrected chi connectivity index (χ1v) is 27.4. The van der Waals surface area contributed by atoms with Gasteiger partial charge < -0.3 is 14.2 Å². The third kappa shape index (κ3) is 52.9. The van der Waals surface area contributed by atoms with Crippen LogP contribution in [0.15, 0.2) is 109 Å². The molecule has 0 aliphatic carbocycles. The number of rotatable bonds is 48. The molecule has 0 aliphatic heterocycles. The van der Waals surface area contributed by atoms with Crippen LogP contribution in [0.3, 0.4) is 0 Å². The average Bonchev–Trinajstić information content (AvgIpc) is 3.33. The van der Waals surface area contributed by atoms with Gasteiger partial charge in [0, 0.05) is 19.3 Å². The van der Waals surface area contributed by atoms with Gasteiger partial charge in [-0.2, -0.15) is 0 Å². The predicted molar refractivity (Wildman–Crippen MR) is 288 cm³/mol. The smallest absolute Gasteiger partial charge is 0.306 e. The molecule has 0 aromatic heterocycles. The van der Waals surface area contributed by atoms with Gasteiger partial charge in [0.25, 0.3) is 0 Å². The van der Waals surface area contributed by atoms with Crippen LogP contribution in [-0.2, 0) is 28.6 Å². The molecule has 0 radical (unpaired) electrons. The van der Waals surface area contributed by atoms with E-state index in [1.54, 1.807) is 0 Å². The second-order valence-electron chi connectivity index (χ2n) is 17.8. The molecule has 0 rings (SSSR count). The van der Waals surface area contributed by atoms with Crippen molar-refractivity contribution in [1.29, 1.82) is 0 Å². The first kappa shape index (κ1) is 63.1. The van der Waals surface area contributed by atoms with Crippen molar-refractivity contribution in [1.82, 2.24) is 0 Å². The zero-order valence-electron chi connectivity index (χ0n) is 43.4. The fourth-order valence-electron chi connectivity index (χ4n) is 7.06. The van der Waals surface area contributed by atoms with Gasteiger partial charge in [-0.3, -0.25) is 14.4 Å². The SMILES string of the molecule is CCCCC/C=C\C/C=C\C/C=C\C/C=C\CCCC(=O)OC[C@H](COC(=O)CCCCCCCCC/C=C\C/C=C\CCCCC)OC(=O)CCCC/C=C\C/C=C\C/C=C\CCCCC. The van der Waals surface area contributed by atoms with E-state index in [0.29, 0.717) is 19.3 Å². The van der Waals surface area contributed by atoms with Gasteiger partial charge in [0.15, 0.2) is 6.10 Å². The van der Waals surface area contributed by atoms with E-state index in [1.165, 1.54) is 103 Å². The molecule has 0 fully saturated rings. The third-order valence-corrected chi connectivity index (χ3v) is 11.2. The highest BCUT2D eigenvalue weighted by Crippen LogP contribution is 2.13. The summed E-state index contributed by atoms with van der Waals surface area (Å²) in [6.07, 6.45) is 73.6. The Kier molecular flexibility index (Phi) is 51.5. The number of hydrogen-bond donors (Lipinski definition) is 0. The zero-order chi connectivity index (χ0) is 48.6. The minimum absolute atomic E-state index is 0.116. The molecular formula is C61H100O6. The van der Waals surface area contributed by atoms with Crippen LogP contribution in [0.2, 0.25) is 0 Å². The Morgan fingerprint density at radius 2 is 0.552 bits per heavy atom. The van der Waals surface area contributed by atoms with Crippen molar-refractivity contribution >= 4 is 17.9 Å². The molecule has 0 aromatic carbocycles. The highest BCUT2D eigenvalue weighted by molar-refractivity contribution is 5.71. The summed E-state index contributed by atoms with van der Waals surface area (Å²) in [4.78, 5) is 38.1. The number of hydrogen-bond acceptors (Lipinski definition) is 6. The minimum atomic E-state index is -0.825. The molecule has 0 heterocycles. The van der Waals surface area contributed by atoms with Crippen molar-refractivity contribution in [2.24, 2.45) is 0 Å². The Labute approximate surface area is 412 Å². The first-order valence-electron chi connectivity index (χ1n) is 27.4. The van der Waals surface area contributed by atoms with Crippen LogP contribution in [0.25, 0.3) is 0 Å². The van der Waals surface area contributed by atoms with E-state index in [2.05, 4.69) is 130 Å². The van der Waals surface area contributed by atoms with E-state index in [-0.39, 0.29) is 44.0 Å². The van der Waals surface area contributed by atoms with E-state index in [9.17, 15) is 14.4 Å². The summed E-state index contributed by atoms with van der Waals surface area (Å²) in [7, 11) is 0. The Bertz CT molecular complexity index is 1390. The van der Waals surface area contributed by atoms with Crippen LogP contribution in [0.1, 0.15) is 239 Å². The summed E-state index contributed by atoms with van der Waals surface area (Å²) in [6, 6.07) is 0. The summed E-state index contributed by atoms with van der Waals surface area (Å²) >= 11 is 0. The lowest BCUT2D eigenvalue weighted by atomic mass is 10.1. The van der Waals surface area contributed by atoms with Gasteiger partial charge in [-0.25, -0.2) is 0 Å². The van der Waals surface area contributed by atoms with Crippen LogP contribution in [-0.4, -0.2) is 37.2 Å². The summed E-state index contributed by atoms with van der Waals surface area (Å²) in [5, 5.41) is 0. The topological polar surface area (TPSA) is 78.9 Å². The van der Waals surface area contributed by atoms with Crippen LogP contribution in [0.4, 0.5) is 0 Å². The van der Waals surface area contributed by atoms with E-state index in [1.807, 2.05) is 0 Å². The zero-order valence-corrected chi connectivity index (χ0v) is 43.4. The fraction of sp³-hybridized carbons (Fsp3) is 0.656. The van der Waals surface area contributed by atoms with Crippen LogP contribution in [0, 0.1) is 0 Å². The Morgan fingerprint density at radius 1 is 0.299 bits per heavy atom. The van der Waals surface area contributed by atoms with Crippen LogP contribution < -0.4 is 0 Å². The van der Waals surface area contributed by atoms with E-state index >= 15 is 0 Å². The molecule has 0 spiro atoms. The Balaban J connectivity index is 4.55. The molecule has 0 saturated heterocycles. The molecule has 0 N–H and O–H groups in total. The number of carbonyl (C=O) groups excluding carboxylic acids is 3. The number of carbonyl (C=O) groups is 3. The van der Waals surface area contributed by atoms with Gasteiger partial charge in [-0.1, -0.05) is 201 Å². The first-order chi connectivity index (χ1) is 33.0. The second-order valence-corrected chi connectivity index (χ2v) is 17.8. The molecule has 67 heavy (non-hydrogen) atoms. The van der Waals surface area contributed by atoms with E-state index in [0.717, 1.165) is 83.5 Å². The molecule has 0 aliphatic rings. The number of allylic oxidation sites excluding steroid dienone is 18. The summed E-state index contributed by atoms with van der Waals surface area (Å²) in [6.45, 7) is 6.46. The monoisotopic (exact) mass is 929 g/mol. The molecule has 1 atom stereocenters. The molecule has 0 amide bonds. The maximum absolute atomic E-state index is 12.8. The normalized spacial score (nSPS) is 12.9. The highest BCUT2D eigenvalue weighted by atomic mass is 16.6. The summed E-state index contributed by atoms with van der Waals surface area (Å²) in [5.74, 6) is -1.02. The average molecular weight is 929 g/mol. The molecule has 0 unspecified atom stereocenters. The number of esters is 3. The molecule has 0 saturated carbocycles. The maximum Gasteiger partial charge on any atom is 0.306 e. The molecule has 6 heteroatoms. The summed E-state index contributed by atoms with van der Waals surface area (Å²) in [5.41, 5.74) is 0. The van der Waals surface area contributed by atoms with Gasteiger partial charge in [-0.05, 0) is 128 Å². The quantitative estimate of drug-likeness (QED) is 0.0262. The van der Waals surface area contributed by atoms with Crippen molar-refractivity contribution < 1.29 is 28.6 Å². The minimum Gasteiger partial charge on any atom is -0.462 e. The van der Waals surface area contributed by atoms with Gasteiger partial charge >= 0.3 is 17.9 Å². The molecule has 380 valence electrons. The Hall–Kier alpha value is -3.93. The highest BCUT2D eigenvalue weighted by Gasteiger charge is 2.19. The third-order valence-electron chi connectivity index (χ3n) is 11.2. The predicted octanol–water partition coefficient (Wildman–Crippen LogP) is 18.3. The van der Waals surface area contributed by atoms with Crippen molar-refractivity contribution in [2.75, 3.05) is 13.2 Å². The lowest BCUT2D eigenvalue weighted by Crippen LogP contribution is -2.30.